The van der Waals surface area contributed by atoms with Gasteiger partial charge in [0.1, 0.15) is 13.1 Å². The van der Waals surface area contributed by atoms with Crippen molar-refractivity contribution in [3.8, 4) is 0 Å². The van der Waals surface area contributed by atoms with E-state index in [1.54, 1.807) is 0 Å². The summed E-state index contributed by atoms with van der Waals surface area (Å²) in [4.78, 5) is 0. The van der Waals surface area contributed by atoms with Crippen LogP contribution in [0.15, 0.2) is 0 Å². The maximum Gasteiger partial charge on any atom is 0.102 e. The van der Waals surface area contributed by atoms with Crippen molar-refractivity contribution in [2.24, 2.45) is 0 Å². The predicted molar refractivity (Wildman–Crippen MR) is 212 cm³/mol. The van der Waals surface area contributed by atoms with Gasteiger partial charge in [0.05, 0.1) is 121 Å². The first-order valence-electron chi connectivity index (χ1n) is 21.4. The third-order valence-electron chi connectivity index (χ3n) is 9.78. The Morgan fingerprint density at radius 1 is 0.240 bits per heavy atom. The highest BCUT2D eigenvalue weighted by Gasteiger charge is 2.15. The van der Waals surface area contributed by atoms with Gasteiger partial charge in [0.2, 0.25) is 0 Å². The van der Waals surface area contributed by atoms with Crippen LogP contribution in [-0.4, -0.2) is 143 Å². The van der Waals surface area contributed by atoms with Crippen LogP contribution in [0, 0.1) is 0 Å². The van der Waals surface area contributed by atoms with Gasteiger partial charge in [0.15, 0.2) is 0 Å². The summed E-state index contributed by atoms with van der Waals surface area (Å²) in [6, 6.07) is 0. The molecule has 0 aliphatic heterocycles. The first-order valence-corrected chi connectivity index (χ1v) is 21.4. The van der Waals surface area contributed by atoms with Crippen LogP contribution in [0.2, 0.25) is 0 Å². The van der Waals surface area contributed by atoms with Gasteiger partial charge in [-0.2, -0.15) is 0 Å². The molecule has 0 atom stereocenters. The van der Waals surface area contributed by atoms with Crippen molar-refractivity contribution < 1.29 is 37.4 Å². The number of nitrogens with zero attached hydrogens (tertiary/aromatic N) is 2. The van der Waals surface area contributed by atoms with Crippen LogP contribution in [0.4, 0.5) is 0 Å². The Morgan fingerprint density at radius 3 is 0.680 bits per heavy atom. The first-order chi connectivity index (χ1) is 24.3. The molecule has 302 valence electrons. The van der Waals surface area contributed by atoms with E-state index in [1.165, 1.54) is 142 Å². The Morgan fingerprint density at radius 2 is 0.440 bits per heavy atom. The number of likely N-dealkylation sites (N-methyl/N-ethyl adjacent to an activating group) is 2. The van der Waals surface area contributed by atoms with Crippen molar-refractivity contribution in [1.29, 1.82) is 0 Å². The van der Waals surface area contributed by atoms with Gasteiger partial charge in [-0.3, -0.25) is 0 Å². The molecule has 0 aromatic rings. The van der Waals surface area contributed by atoms with Crippen LogP contribution < -0.4 is 0 Å². The summed E-state index contributed by atoms with van der Waals surface area (Å²) in [5.41, 5.74) is 0. The number of unbranched alkanes of at least 4 members (excludes halogenated alkanes) is 18. The summed E-state index contributed by atoms with van der Waals surface area (Å²) in [6.07, 6.45) is 27.9. The van der Waals surface area contributed by atoms with Gasteiger partial charge in [-0.1, -0.05) is 117 Å². The monoisotopic (exact) mass is 719 g/mol. The molecular weight excluding hydrogens is 628 g/mol. The standard InChI is InChI=1S/C42H90N2O6/c1-7-9-11-13-15-17-19-21-23-25-27-43(3,4)29-31-45-33-35-47-37-39-49-41-42-50-40-38-48-36-34-46-32-30-44(5,6)28-26-24-22-20-18-16-14-12-10-8-2/h7-42H2,1-6H3/q+2. The highest BCUT2D eigenvalue weighted by Crippen LogP contribution is 2.13. The van der Waals surface area contributed by atoms with Gasteiger partial charge in [-0.25, -0.2) is 0 Å². The Balaban J connectivity index is 3.32. The Bertz CT molecular complexity index is 598. The average molecular weight is 719 g/mol. The van der Waals surface area contributed by atoms with Crippen LogP contribution >= 0.6 is 0 Å². The van der Waals surface area contributed by atoms with Crippen molar-refractivity contribution in [2.75, 3.05) is 134 Å². The fourth-order valence-corrected chi connectivity index (χ4v) is 6.10. The molecule has 0 aliphatic carbocycles. The molecule has 50 heavy (non-hydrogen) atoms. The largest absolute Gasteiger partial charge is 0.377 e. The smallest absolute Gasteiger partial charge is 0.102 e. The van der Waals surface area contributed by atoms with Gasteiger partial charge in [0, 0.05) is 0 Å². The molecule has 0 fully saturated rings. The maximum absolute atomic E-state index is 5.81. The molecule has 0 rings (SSSR count). The molecule has 0 aromatic heterocycles. The van der Waals surface area contributed by atoms with E-state index in [1.807, 2.05) is 0 Å². The molecule has 0 unspecified atom stereocenters. The van der Waals surface area contributed by atoms with E-state index in [9.17, 15) is 0 Å². The number of hydrogen-bond acceptors (Lipinski definition) is 6. The highest BCUT2D eigenvalue weighted by atomic mass is 16.6. The van der Waals surface area contributed by atoms with Gasteiger partial charge in [-0.15, -0.1) is 0 Å². The predicted octanol–water partition coefficient (Wildman–Crippen LogP) is 9.08. The Kier molecular flexibility index (Phi) is 38.2. The average Bonchev–Trinajstić information content (AvgIpc) is 3.09. The molecule has 0 saturated carbocycles. The van der Waals surface area contributed by atoms with Gasteiger partial charge >= 0.3 is 0 Å². The quantitative estimate of drug-likeness (QED) is 0.0463. The minimum atomic E-state index is 0.572. The molecule has 0 saturated heterocycles. The van der Waals surface area contributed by atoms with Crippen molar-refractivity contribution in [3.05, 3.63) is 0 Å². The van der Waals surface area contributed by atoms with Crippen LogP contribution in [0.1, 0.15) is 142 Å². The van der Waals surface area contributed by atoms with E-state index in [0.29, 0.717) is 66.1 Å². The van der Waals surface area contributed by atoms with Gasteiger partial charge in [0.25, 0.3) is 0 Å². The maximum atomic E-state index is 5.81. The number of rotatable bonds is 43. The molecule has 0 heterocycles. The van der Waals surface area contributed by atoms with Gasteiger partial charge in [-0.05, 0) is 25.7 Å². The SMILES string of the molecule is CCCCCCCCCCCC[N+](C)(C)CCOCCOCCOCCOCCOCCOCC[N+](C)(C)CCCCCCCCCCCC. The lowest BCUT2D eigenvalue weighted by Gasteiger charge is -2.29. The summed E-state index contributed by atoms with van der Waals surface area (Å²) in [5.74, 6) is 0. The molecule has 0 spiro atoms. The number of hydrogen-bond donors (Lipinski definition) is 0. The fourth-order valence-electron chi connectivity index (χ4n) is 6.10. The topological polar surface area (TPSA) is 55.4 Å². The summed E-state index contributed by atoms with van der Waals surface area (Å²) in [5, 5.41) is 0. The number of ether oxygens (including phenoxy) is 6. The zero-order chi connectivity index (χ0) is 36.7. The molecular formula is C42H90N2O6+2. The van der Waals surface area contributed by atoms with Crippen LogP contribution in [0.25, 0.3) is 0 Å². The molecule has 8 heteroatoms. The van der Waals surface area contributed by atoms with Crippen molar-refractivity contribution in [2.45, 2.75) is 142 Å². The third kappa shape index (κ3) is 40.5. The minimum Gasteiger partial charge on any atom is -0.377 e. The lowest BCUT2D eigenvalue weighted by molar-refractivity contribution is -0.891. The molecule has 0 bridgehead atoms. The van der Waals surface area contributed by atoms with Gasteiger partial charge < -0.3 is 37.4 Å². The summed E-state index contributed by atoms with van der Waals surface area (Å²) in [7, 11) is 9.27. The van der Waals surface area contributed by atoms with E-state index in [2.05, 4.69) is 42.0 Å². The highest BCUT2D eigenvalue weighted by molar-refractivity contribution is 4.49. The lowest BCUT2D eigenvalue weighted by Crippen LogP contribution is -2.43. The van der Waals surface area contributed by atoms with Crippen LogP contribution in [0.3, 0.4) is 0 Å². The van der Waals surface area contributed by atoms with Crippen molar-refractivity contribution in [1.82, 2.24) is 0 Å². The van der Waals surface area contributed by atoms with E-state index in [0.717, 1.165) is 35.3 Å². The summed E-state index contributed by atoms with van der Waals surface area (Å²) < 4.78 is 36.2. The molecule has 0 amide bonds. The Hall–Kier alpha value is -0.320. The lowest BCUT2D eigenvalue weighted by atomic mass is 10.1. The second kappa shape index (κ2) is 38.4. The third-order valence-corrected chi connectivity index (χ3v) is 9.78. The van der Waals surface area contributed by atoms with E-state index in [-0.39, 0.29) is 0 Å². The Labute approximate surface area is 312 Å². The molecule has 0 aliphatic rings. The summed E-state index contributed by atoms with van der Waals surface area (Å²) in [6.45, 7) is 16.7. The summed E-state index contributed by atoms with van der Waals surface area (Å²) >= 11 is 0. The van der Waals surface area contributed by atoms with Crippen LogP contribution in [-0.2, 0) is 28.4 Å². The second-order valence-corrected chi connectivity index (χ2v) is 15.8. The second-order valence-electron chi connectivity index (χ2n) is 15.8. The molecule has 0 radical (unpaired) electrons. The van der Waals surface area contributed by atoms with Crippen molar-refractivity contribution >= 4 is 0 Å². The molecule has 0 N–H and O–H groups in total. The van der Waals surface area contributed by atoms with E-state index >= 15 is 0 Å². The van der Waals surface area contributed by atoms with E-state index in [4.69, 9.17) is 28.4 Å². The zero-order valence-corrected chi connectivity index (χ0v) is 34.8. The minimum absolute atomic E-state index is 0.572. The van der Waals surface area contributed by atoms with Crippen molar-refractivity contribution in [3.63, 3.8) is 0 Å². The molecule has 0 aromatic carbocycles. The first kappa shape index (κ1) is 49.7. The zero-order valence-electron chi connectivity index (χ0n) is 34.8. The molecule has 8 nitrogen and oxygen atoms in total. The van der Waals surface area contributed by atoms with Crippen LogP contribution in [0.5, 0.6) is 0 Å². The normalized spacial score (nSPS) is 12.4. The fraction of sp³-hybridized carbons (Fsp3) is 1.00. The van der Waals surface area contributed by atoms with E-state index < -0.39 is 0 Å². The number of quaternary nitrogens is 2.